The molecule has 186 valence electrons. The van der Waals surface area contributed by atoms with Crippen LogP contribution in [0.5, 0.6) is 0 Å². The average Bonchev–Trinajstić information content (AvgIpc) is 2.74. The maximum Gasteiger partial charge on any atom is 1.00 e. The number of aliphatic hydroxyl groups excluding tert-OH is 8. The van der Waals surface area contributed by atoms with Gasteiger partial charge in [-0.25, -0.2) is 0 Å². The van der Waals surface area contributed by atoms with Gasteiger partial charge >= 0.3 is 59.1 Å². The third-order valence-electron chi connectivity index (χ3n) is 5.30. The molecule has 2 saturated heterocycles. The van der Waals surface area contributed by atoms with E-state index in [1.807, 2.05) is 0 Å². The molecule has 0 amide bonds. The van der Waals surface area contributed by atoms with Gasteiger partial charge in [0.2, 0.25) is 11.6 Å². The molecule has 11 atom stereocenters. The van der Waals surface area contributed by atoms with E-state index in [0.29, 0.717) is 0 Å². The van der Waals surface area contributed by atoms with Crippen molar-refractivity contribution < 1.29 is 139 Å². The molecule has 0 aromatic heterocycles. The second-order valence-electron chi connectivity index (χ2n) is 7.47. The van der Waals surface area contributed by atoms with E-state index in [4.69, 9.17) is 19.7 Å². The van der Waals surface area contributed by atoms with Crippen LogP contribution in [0, 0.1) is 0 Å². The molecule has 0 radical (unpaired) electrons. The molecule has 2 heterocycles. The molecule has 0 aromatic rings. The third kappa shape index (κ3) is 6.47. The predicted octanol–water partition coefficient (Wildman–Crippen LogP) is -15.4. The Balaban J connectivity index is 0.00000544. The SMILES string of the molecule is O=C([O-])[C@@]1(O[C@H]2[C@@H](O)[C@@H]([C@H](O)CO)O[C@](O)(C(=O)[O-])[C@H]2O)C[C@@H](O)[C@@H](O)[C@@H]([C@H](O)CO)O1.[Na+].[Na+]. The molecule has 16 nitrogen and oxygen atoms in total. The molecule has 2 aliphatic heterocycles. The summed E-state index contributed by atoms with van der Waals surface area (Å²) in [5, 5.41) is 112. The number of carbonyl (C=O) groups excluding carboxylic acids is 2. The summed E-state index contributed by atoms with van der Waals surface area (Å²) in [5.74, 6) is -11.7. The van der Waals surface area contributed by atoms with Crippen LogP contribution in [-0.4, -0.2) is 138 Å². The Bertz CT molecular complexity index is 700. The number of hydrogen-bond acceptors (Lipinski definition) is 16. The van der Waals surface area contributed by atoms with Crippen molar-refractivity contribution in [2.45, 2.75) is 72.9 Å². The van der Waals surface area contributed by atoms with E-state index in [2.05, 4.69) is 4.74 Å². The van der Waals surface area contributed by atoms with Gasteiger partial charge in [0.15, 0.2) is 0 Å². The average molecular weight is 518 g/mol. The number of hydrogen-bond donors (Lipinski definition) is 9. The summed E-state index contributed by atoms with van der Waals surface area (Å²) in [7, 11) is 0. The Morgan fingerprint density at radius 2 is 1.38 bits per heavy atom. The van der Waals surface area contributed by atoms with Crippen molar-refractivity contribution in [3.05, 3.63) is 0 Å². The fourth-order valence-corrected chi connectivity index (χ4v) is 3.49. The van der Waals surface area contributed by atoms with Crippen LogP contribution in [0.4, 0.5) is 0 Å². The van der Waals surface area contributed by atoms with Crippen LogP contribution >= 0.6 is 0 Å². The maximum absolute atomic E-state index is 11.9. The largest absolute Gasteiger partial charge is 1.00 e. The first kappa shape index (κ1) is 34.5. The summed E-state index contributed by atoms with van der Waals surface area (Å²) >= 11 is 0. The van der Waals surface area contributed by atoms with Gasteiger partial charge in [-0.15, -0.1) is 0 Å². The van der Waals surface area contributed by atoms with E-state index in [1.165, 1.54) is 0 Å². The van der Waals surface area contributed by atoms with Crippen molar-refractivity contribution in [3.63, 3.8) is 0 Å². The minimum absolute atomic E-state index is 0. The minimum atomic E-state index is -3.69. The van der Waals surface area contributed by atoms with Crippen molar-refractivity contribution in [2.75, 3.05) is 13.2 Å². The van der Waals surface area contributed by atoms with Crippen molar-refractivity contribution in [2.24, 2.45) is 0 Å². The number of carboxylic acids is 2. The number of rotatable bonds is 8. The van der Waals surface area contributed by atoms with Gasteiger partial charge in [-0.1, -0.05) is 0 Å². The number of aliphatic carboxylic acids is 2. The van der Waals surface area contributed by atoms with E-state index in [1.54, 1.807) is 0 Å². The standard InChI is InChI=1S/C16H26O16.2Na/c17-2-5(20)9-7(22)4(19)1-15(30-9,13(25)26)31-11-8(23)10(6(21)3-18)32-16(29,12(11)24)14(27)28;;/h4-12,17-24,29H,1-3H2,(H,25,26)(H,27,28);;/q;2*+1/p-2/t4-,5-,6-,7-,8+,9-,10-,11+,12+,15+,16+;;/m1../s1. The summed E-state index contributed by atoms with van der Waals surface area (Å²) in [6.07, 6.45) is -20.9. The van der Waals surface area contributed by atoms with Gasteiger partial charge in [0.25, 0.3) is 0 Å². The van der Waals surface area contributed by atoms with Crippen molar-refractivity contribution >= 4 is 11.9 Å². The molecule has 0 spiro atoms. The van der Waals surface area contributed by atoms with Crippen LogP contribution in [0.1, 0.15) is 6.42 Å². The number of aliphatic hydroxyl groups is 9. The van der Waals surface area contributed by atoms with Crippen LogP contribution in [0.25, 0.3) is 0 Å². The van der Waals surface area contributed by atoms with Gasteiger partial charge in [-0.05, 0) is 0 Å². The third-order valence-corrected chi connectivity index (χ3v) is 5.30. The molecule has 2 rings (SSSR count). The summed E-state index contributed by atoms with van der Waals surface area (Å²) in [4.78, 5) is 23.2. The summed E-state index contributed by atoms with van der Waals surface area (Å²) < 4.78 is 14.6. The smallest absolute Gasteiger partial charge is 0.544 e. The van der Waals surface area contributed by atoms with Crippen molar-refractivity contribution in [1.82, 2.24) is 0 Å². The van der Waals surface area contributed by atoms with Gasteiger partial charge < -0.3 is 80.0 Å². The molecule has 34 heavy (non-hydrogen) atoms. The summed E-state index contributed by atoms with van der Waals surface area (Å²) in [5.41, 5.74) is 0. The maximum atomic E-state index is 11.9. The predicted molar refractivity (Wildman–Crippen MR) is 87.1 cm³/mol. The van der Waals surface area contributed by atoms with Gasteiger partial charge in [0, 0.05) is 6.42 Å². The summed E-state index contributed by atoms with van der Waals surface area (Å²) in [6.45, 7) is -2.22. The van der Waals surface area contributed by atoms with Crippen LogP contribution in [-0.2, 0) is 23.8 Å². The van der Waals surface area contributed by atoms with Crippen LogP contribution in [0.3, 0.4) is 0 Å². The molecular formula is C16H24Na2O16. The van der Waals surface area contributed by atoms with E-state index >= 15 is 0 Å². The van der Waals surface area contributed by atoms with E-state index in [0.717, 1.165) is 0 Å². The Labute approximate surface area is 235 Å². The Hall–Kier alpha value is 0.460. The Morgan fingerprint density at radius 1 is 0.912 bits per heavy atom. The second-order valence-corrected chi connectivity index (χ2v) is 7.47. The van der Waals surface area contributed by atoms with Crippen LogP contribution in [0.2, 0.25) is 0 Å². The molecule has 0 aromatic carbocycles. The quantitative estimate of drug-likeness (QED) is 0.135. The normalized spacial score (nSPS) is 42.0. The van der Waals surface area contributed by atoms with Crippen molar-refractivity contribution in [3.8, 4) is 0 Å². The molecule has 0 aliphatic carbocycles. The minimum Gasteiger partial charge on any atom is -0.544 e. The zero-order chi connectivity index (χ0) is 24.6. The van der Waals surface area contributed by atoms with Gasteiger partial charge in [0.1, 0.15) is 60.8 Å². The first-order valence-electron chi connectivity index (χ1n) is 9.24. The van der Waals surface area contributed by atoms with Crippen LogP contribution < -0.4 is 69.3 Å². The second kappa shape index (κ2) is 13.3. The van der Waals surface area contributed by atoms with Gasteiger partial charge in [-0.2, -0.15) is 0 Å². The first-order valence-corrected chi connectivity index (χ1v) is 9.24. The summed E-state index contributed by atoms with van der Waals surface area (Å²) in [6, 6.07) is 0. The number of ether oxygens (including phenoxy) is 3. The number of carbonyl (C=O) groups is 2. The fraction of sp³-hybridized carbons (Fsp3) is 0.875. The molecule has 0 bridgehead atoms. The molecule has 2 aliphatic rings. The Kier molecular flexibility index (Phi) is 13.5. The topological polar surface area (TPSA) is 290 Å². The zero-order valence-electron chi connectivity index (χ0n) is 18.2. The fourth-order valence-electron chi connectivity index (χ4n) is 3.49. The monoisotopic (exact) mass is 518 g/mol. The first-order chi connectivity index (χ1) is 14.8. The van der Waals surface area contributed by atoms with Gasteiger partial charge in [0.05, 0.1) is 19.3 Å². The van der Waals surface area contributed by atoms with E-state index < -0.39 is 98.1 Å². The molecule has 9 N–H and O–H groups in total. The van der Waals surface area contributed by atoms with Crippen LogP contribution in [0.15, 0.2) is 0 Å². The molecule has 0 unspecified atom stereocenters. The molecule has 18 heteroatoms. The number of carboxylic acid groups (broad SMARTS) is 2. The van der Waals surface area contributed by atoms with Gasteiger partial charge in [-0.3, -0.25) is 0 Å². The van der Waals surface area contributed by atoms with Crippen molar-refractivity contribution in [1.29, 1.82) is 0 Å². The molecule has 0 saturated carbocycles. The zero-order valence-corrected chi connectivity index (χ0v) is 22.2. The molecular weight excluding hydrogens is 494 g/mol. The Morgan fingerprint density at radius 3 is 1.79 bits per heavy atom. The van der Waals surface area contributed by atoms with E-state index in [-0.39, 0.29) is 59.1 Å². The van der Waals surface area contributed by atoms with E-state index in [9.17, 15) is 55.5 Å². The molecule has 2 fully saturated rings.